The van der Waals surface area contributed by atoms with Crippen molar-refractivity contribution in [2.75, 3.05) is 72.0 Å². The Morgan fingerprint density at radius 2 is 1.84 bits per heavy atom. The Bertz CT molecular complexity index is 2180. The van der Waals surface area contributed by atoms with Crippen LogP contribution in [0.1, 0.15) is 68.3 Å². The number of amides is 1. The molecule has 2 bridgehead atoms. The van der Waals surface area contributed by atoms with Gasteiger partial charge >= 0.3 is 5.97 Å². The van der Waals surface area contributed by atoms with E-state index in [4.69, 9.17) is 15.2 Å². The van der Waals surface area contributed by atoms with E-state index in [0.29, 0.717) is 69.5 Å². The molecular weight excluding hydrogens is 737 g/mol. The maximum absolute atomic E-state index is 15.3. The number of nitrogens with two attached hydrogens (primary N) is 1. The summed E-state index contributed by atoms with van der Waals surface area (Å²) in [5, 5.41) is 41.6. The van der Waals surface area contributed by atoms with Gasteiger partial charge < -0.3 is 45.7 Å². The second-order valence-corrected chi connectivity index (χ2v) is 18.2. The number of esters is 1. The lowest BCUT2D eigenvalue weighted by atomic mass is 9.47. The van der Waals surface area contributed by atoms with Gasteiger partial charge in [-0.05, 0) is 74.2 Å². The number of benzene rings is 2. The van der Waals surface area contributed by atoms with Gasteiger partial charge in [-0.3, -0.25) is 19.4 Å². The lowest BCUT2D eigenvalue weighted by Gasteiger charge is -2.63. The highest BCUT2D eigenvalue weighted by Crippen LogP contribution is 2.67. The summed E-state index contributed by atoms with van der Waals surface area (Å²) in [6.45, 7) is 7.75. The van der Waals surface area contributed by atoms with Crippen LogP contribution in [0, 0.1) is 11.3 Å². The van der Waals surface area contributed by atoms with E-state index < -0.39 is 51.5 Å². The van der Waals surface area contributed by atoms with Crippen LogP contribution in [0.2, 0.25) is 0 Å². The molecule has 2 aromatic carbocycles. The van der Waals surface area contributed by atoms with Gasteiger partial charge in [0.25, 0.3) is 5.91 Å². The van der Waals surface area contributed by atoms with Crippen LogP contribution in [0.15, 0.2) is 48.6 Å². The molecule has 1 amide bonds. The molecule has 3 aromatic rings. The van der Waals surface area contributed by atoms with Crippen LogP contribution in [0.4, 0.5) is 5.69 Å². The number of nitrogens with zero attached hydrogens (tertiary/aromatic N) is 3. The molecule has 13 nitrogen and oxygen atoms in total. The molecule has 10 atom stereocenters. The van der Waals surface area contributed by atoms with Crippen molar-refractivity contribution in [1.29, 1.82) is 0 Å². The van der Waals surface area contributed by atoms with E-state index in [2.05, 4.69) is 38.3 Å². The quantitative estimate of drug-likeness (QED) is 0.146. The summed E-state index contributed by atoms with van der Waals surface area (Å²) >= 11 is 0. The Labute approximate surface area is 340 Å². The lowest BCUT2D eigenvalue weighted by Crippen LogP contribution is -2.81. The summed E-state index contributed by atoms with van der Waals surface area (Å²) in [7, 11) is 4.94. The molecule has 7 N–H and O–H groups in total. The average Bonchev–Trinajstić information content (AvgIpc) is 3.89. The van der Waals surface area contributed by atoms with E-state index in [9.17, 15) is 20.1 Å². The number of nitrogens with one attached hydrogen (secondary N) is 2. The topological polar surface area (TPSA) is 177 Å². The van der Waals surface area contributed by atoms with Crippen molar-refractivity contribution in [3.8, 4) is 5.75 Å². The summed E-state index contributed by atoms with van der Waals surface area (Å²) in [6.07, 6.45) is 5.89. The molecule has 1 aliphatic carbocycles. The monoisotopic (exact) mass is 796 g/mol. The van der Waals surface area contributed by atoms with Gasteiger partial charge in [-0.15, -0.1) is 0 Å². The summed E-state index contributed by atoms with van der Waals surface area (Å²) in [6, 6.07) is 11.1. The Hall–Kier alpha value is -3.98. The summed E-state index contributed by atoms with van der Waals surface area (Å²) in [5.41, 5.74) is 4.52. The number of H-pyrrole nitrogens is 1. The fourth-order valence-corrected chi connectivity index (χ4v) is 13.4. The van der Waals surface area contributed by atoms with E-state index >= 15 is 4.79 Å². The zero-order valence-electron chi connectivity index (χ0n) is 34.5. The zero-order valence-corrected chi connectivity index (χ0v) is 34.5. The third kappa shape index (κ3) is 5.03. The summed E-state index contributed by atoms with van der Waals surface area (Å²) in [5.74, 6) is -0.682. The molecule has 1 unspecified atom stereocenters. The second-order valence-electron chi connectivity index (χ2n) is 18.2. The van der Waals surface area contributed by atoms with Crippen molar-refractivity contribution in [3.63, 3.8) is 0 Å². The molecule has 1 spiro atoms. The molecular formula is C45H60N6O7. The van der Waals surface area contributed by atoms with Gasteiger partial charge in [0.05, 0.1) is 25.9 Å². The Kier molecular flexibility index (Phi) is 9.38. The van der Waals surface area contributed by atoms with Crippen molar-refractivity contribution in [1.82, 2.24) is 20.1 Å². The molecule has 13 heteroatoms. The number of methoxy groups -OCH3 is 2. The number of aliphatic hydroxyl groups excluding tert-OH is 1. The van der Waals surface area contributed by atoms with Crippen LogP contribution in [0.5, 0.6) is 5.75 Å². The molecule has 1 saturated carbocycles. The minimum absolute atomic E-state index is 0.0823. The highest BCUT2D eigenvalue weighted by Gasteiger charge is 2.78. The summed E-state index contributed by atoms with van der Waals surface area (Å²) in [4.78, 5) is 40.3. The number of piperidine rings is 1. The third-order valence-corrected chi connectivity index (χ3v) is 15.6. The number of hydrogen-bond donors (Lipinski definition) is 6. The number of para-hydroxylation sites is 1. The third-order valence-electron chi connectivity index (χ3n) is 15.6. The van der Waals surface area contributed by atoms with Gasteiger partial charge in [0, 0.05) is 97.1 Å². The van der Waals surface area contributed by atoms with Gasteiger partial charge in [0.1, 0.15) is 17.3 Å². The number of carbonyl (C=O) groups is 2. The predicted octanol–water partition coefficient (Wildman–Crippen LogP) is 2.32. The molecule has 2 saturated heterocycles. The average molecular weight is 797 g/mol. The SMILES string of the molecule is CC[C@]1(O)C[C@H]2CN(CCc3c([nH]c4ccccc34)[C@@](C(=O)OC)(c3cc4c(cc3OC)N(C)[C@H]3[C@@](O)(C(=O)NCCN)[C@H](O)[C@]5(CC)C=CCN6CC[C@]43[C@@H]65)C2)C1. The number of aromatic amines is 1. The Morgan fingerprint density at radius 3 is 2.57 bits per heavy atom. The van der Waals surface area contributed by atoms with E-state index in [1.165, 1.54) is 7.11 Å². The second kappa shape index (κ2) is 13.8. The van der Waals surface area contributed by atoms with Crippen molar-refractivity contribution < 1.29 is 34.4 Å². The molecule has 58 heavy (non-hydrogen) atoms. The van der Waals surface area contributed by atoms with E-state index in [1.54, 1.807) is 7.11 Å². The van der Waals surface area contributed by atoms with E-state index in [-0.39, 0.29) is 25.0 Å². The number of aliphatic hydroxyl groups is 3. The first kappa shape index (κ1) is 39.5. The smallest absolute Gasteiger partial charge is 0.322 e. The zero-order chi connectivity index (χ0) is 41.0. The highest BCUT2D eigenvalue weighted by atomic mass is 16.5. The minimum atomic E-state index is -2.24. The maximum Gasteiger partial charge on any atom is 0.322 e. The van der Waals surface area contributed by atoms with Gasteiger partial charge in [0.15, 0.2) is 5.60 Å². The van der Waals surface area contributed by atoms with Gasteiger partial charge in [-0.1, -0.05) is 44.2 Å². The maximum atomic E-state index is 15.3. The molecule has 6 aliphatic rings. The predicted molar refractivity (Wildman–Crippen MR) is 221 cm³/mol. The number of anilines is 1. The van der Waals surface area contributed by atoms with Crippen molar-refractivity contribution in [3.05, 3.63) is 70.9 Å². The molecule has 1 aromatic heterocycles. The molecule has 9 rings (SSSR count). The standard InChI is InChI=1S/C45H60N6O7/c1-6-41(55)23-27-24-44(40(54)58-5,35-29(13-19-50(25-27)26-41)28-11-8-9-12-32(28)48-35)31-21-30-33(22-34(31)57-4)49(3)37-43(30)15-20-51-18-10-14-42(7-2,36(43)51)38(52)45(37,56)39(53)47-17-16-46/h8-12,14,21-22,27,36-38,48,52,55-56H,6-7,13,15-20,23-26,46H2,1-5H3,(H,47,53)/t27-,36+,37-,38-,41+,42-,43-,44+,45+/m1/s1. The van der Waals surface area contributed by atoms with E-state index in [0.717, 1.165) is 46.5 Å². The fourth-order valence-electron chi connectivity index (χ4n) is 13.4. The molecule has 0 radical (unpaired) electrons. The Morgan fingerprint density at radius 1 is 1.05 bits per heavy atom. The van der Waals surface area contributed by atoms with Gasteiger partial charge in [0.2, 0.25) is 0 Å². The number of hydrogen-bond acceptors (Lipinski definition) is 11. The first-order valence-electron chi connectivity index (χ1n) is 21.2. The minimum Gasteiger partial charge on any atom is -0.496 e. The normalized spacial score (nSPS) is 37.5. The van der Waals surface area contributed by atoms with Crippen LogP contribution >= 0.6 is 0 Å². The number of fused-ring (bicyclic) bond motifs is 6. The van der Waals surface area contributed by atoms with Crippen LogP contribution < -0.4 is 20.7 Å². The molecule has 3 fully saturated rings. The van der Waals surface area contributed by atoms with E-state index in [1.807, 2.05) is 56.1 Å². The number of carbonyl (C=O) groups excluding carboxylic acids is 2. The van der Waals surface area contributed by atoms with Crippen LogP contribution in [-0.2, 0) is 31.6 Å². The van der Waals surface area contributed by atoms with Crippen molar-refractivity contribution in [2.24, 2.45) is 17.1 Å². The van der Waals surface area contributed by atoms with Crippen LogP contribution in [0.3, 0.4) is 0 Å². The first-order valence-corrected chi connectivity index (χ1v) is 21.2. The molecule has 5 aliphatic heterocycles. The fraction of sp³-hybridized carbons (Fsp3) is 0.600. The molecule has 312 valence electrons. The number of ether oxygens (including phenoxy) is 2. The van der Waals surface area contributed by atoms with Gasteiger partial charge in [-0.25, -0.2) is 0 Å². The number of rotatable bonds is 8. The van der Waals surface area contributed by atoms with Crippen LogP contribution in [0.25, 0.3) is 10.9 Å². The highest BCUT2D eigenvalue weighted by molar-refractivity contribution is 5.95. The summed E-state index contributed by atoms with van der Waals surface area (Å²) < 4.78 is 12.3. The largest absolute Gasteiger partial charge is 0.496 e. The number of aromatic nitrogens is 1. The van der Waals surface area contributed by atoms with Crippen molar-refractivity contribution >= 4 is 28.5 Å². The first-order chi connectivity index (χ1) is 27.8. The lowest BCUT2D eigenvalue weighted by molar-refractivity contribution is -0.203. The van der Waals surface area contributed by atoms with Gasteiger partial charge in [-0.2, -0.15) is 0 Å². The number of likely N-dealkylation sites (N-methyl/N-ethyl adjacent to an activating group) is 1. The molecule has 6 heterocycles. The Balaban J connectivity index is 1.35. The van der Waals surface area contributed by atoms with Crippen LogP contribution in [-0.4, -0.2) is 138 Å². The van der Waals surface area contributed by atoms with Crippen molar-refractivity contribution in [2.45, 2.75) is 92.6 Å².